The molecule has 20 heavy (non-hydrogen) atoms. The number of amidine groups is 1. The molecule has 0 radical (unpaired) electrons. The van der Waals surface area contributed by atoms with Gasteiger partial charge in [-0.25, -0.2) is 18.0 Å². The van der Waals surface area contributed by atoms with Crippen LogP contribution in [0, 0.1) is 23.4 Å². The maximum absolute atomic E-state index is 13.3. The summed E-state index contributed by atoms with van der Waals surface area (Å²) in [4.78, 5) is 16.8. The van der Waals surface area contributed by atoms with Crippen molar-refractivity contribution < 1.29 is 18.0 Å². The van der Waals surface area contributed by atoms with Crippen LogP contribution in [-0.2, 0) is 0 Å². The van der Waals surface area contributed by atoms with E-state index in [-0.39, 0.29) is 11.4 Å². The van der Waals surface area contributed by atoms with Crippen LogP contribution in [0.5, 0.6) is 0 Å². The Balaban J connectivity index is 1.97. The number of amides is 2. The Bertz CT molecular complexity index is 590. The lowest BCUT2D eigenvalue weighted by atomic mass is 10.0. The Hall–Kier alpha value is -2.05. The minimum Gasteiger partial charge on any atom is -0.385 e. The maximum atomic E-state index is 13.3. The molecule has 4 nitrogen and oxygen atoms in total. The molecule has 1 fully saturated rings. The quantitative estimate of drug-likeness (QED) is 0.866. The van der Waals surface area contributed by atoms with E-state index in [1.54, 1.807) is 0 Å². The third-order valence-corrected chi connectivity index (χ3v) is 3.54. The van der Waals surface area contributed by atoms with Gasteiger partial charge in [-0.15, -0.1) is 0 Å². The van der Waals surface area contributed by atoms with Crippen molar-refractivity contribution in [2.24, 2.45) is 16.6 Å². The van der Waals surface area contributed by atoms with Gasteiger partial charge in [-0.3, -0.25) is 0 Å². The summed E-state index contributed by atoms with van der Waals surface area (Å²) >= 11 is 0. The van der Waals surface area contributed by atoms with E-state index in [0.717, 1.165) is 25.0 Å². The first-order valence-electron chi connectivity index (χ1n) is 6.26. The monoisotopic (exact) mass is 283 g/mol. The van der Waals surface area contributed by atoms with Crippen LogP contribution >= 0.6 is 0 Å². The first-order chi connectivity index (χ1) is 9.47. The highest BCUT2D eigenvalue weighted by Gasteiger charge is 2.38. The van der Waals surface area contributed by atoms with Crippen LogP contribution in [0.25, 0.3) is 0 Å². The second-order valence-corrected chi connectivity index (χ2v) is 5.12. The first kappa shape index (κ1) is 13.0. The zero-order valence-corrected chi connectivity index (χ0v) is 10.4. The summed E-state index contributed by atoms with van der Waals surface area (Å²) in [7, 11) is 0. The van der Waals surface area contributed by atoms with Gasteiger partial charge in [-0.1, -0.05) is 0 Å². The summed E-state index contributed by atoms with van der Waals surface area (Å²) in [5, 5.41) is 0. The van der Waals surface area contributed by atoms with E-state index in [1.807, 2.05) is 0 Å². The standard InChI is InChI=1S/C13H12F3N3O/c14-8-3-7(4-9(15)10(8)16)11-12(17)18-13(20)19(11)5-6-1-2-6/h3-4,6,11H,1-2,5H2,(H2,17,18,20). The molecule has 1 heterocycles. The Morgan fingerprint density at radius 3 is 2.40 bits per heavy atom. The fourth-order valence-corrected chi connectivity index (χ4v) is 2.35. The van der Waals surface area contributed by atoms with Crippen LogP contribution in [-0.4, -0.2) is 23.3 Å². The minimum absolute atomic E-state index is 0.0268. The average Bonchev–Trinajstić information content (AvgIpc) is 3.14. The smallest absolute Gasteiger partial charge is 0.346 e. The third-order valence-electron chi connectivity index (χ3n) is 3.54. The molecule has 2 aliphatic rings. The highest BCUT2D eigenvalue weighted by molar-refractivity contribution is 6.03. The number of nitrogens with zero attached hydrogens (tertiary/aromatic N) is 2. The van der Waals surface area contributed by atoms with Gasteiger partial charge in [-0.2, -0.15) is 4.99 Å². The number of carbonyl (C=O) groups is 1. The van der Waals surface area contributed by atoms with Gasteiger partial charge in [0.2, 0.25) is 0 Å². The molecule has 2 amide bonds. The Kier molecular flexibility index (Phi) is 2.92. The lowest BCUT2D eigenvalue weighted by molar-refractivity contribution is 0.203. The minimum atomic E-state index is -1.54. The molecule has 1 aliphatic heterocycles. The lowest BCUT2D eigenvalue weighted by Gasteiger charge is -2.24. The van der Waals surface area contributed by atoms with Gasteiger partial charge in [0, 0.05) is 6.54 Å². The summed E-state index contributed by atoms with van der Waals surface area (Å²) < 4.78 is 39.6. The summed E-state index contributed by atoms with van der Waals surface area (Å²) in [6, 6.07) is 0.353. The Morgan fingerprint density at radius 1 is 1.25 bits per heavy atom. The molecular weight excluding hydrogens is 271 g/mol. The topological polar surface area (TPSA) is 58.7 Å². The summed E-state index contributed by atoms with van der Waals surface area (Å²) in [5.74, 6) is -3.81. The van der Waals surface area contributed by atoms with Gasteiger partial charge < -0.3 is 10.6 Å². The second kappa shape index (κ2) is 4.50. The molecule has 1 aromatic rings. The van der Waals surface area contributed by atoms with E-state index in [1.165, 1.54) is 4.90 Å². The third kappa shape index (κ3) is 2.13. The molecule has 106 valence electrons. The average molecular weight is 283 g/mol. The summed E-state index contributed by atoms with van der Waals surface area (Å²) in [5.41, 5.74) is 5.77. The molecule has 1 unspecified atom stereocenters. The zero-order valence-electron chi connectivity index (χ0n) is 10.4. The molecule has 1 aliphatic carbocycles. The molecule has 2 N–H and O–H groups in total. The zero-order chi connectivity index (χ0) is 14.4. The Labute approximate surface area is 113 Å². The van der Waals surface area contributed by atoms with Gasteiger partial charge in [0.05, 0.1) is 0 Å². The largest absolute Gasteiger partial charge is 0.385 e. The highest BCUT2D eigenvalue weighted by Crippen LogP contribution is 2.35. The predicted molar refractivity (Wildman–Crippen MR) is 65.5 cm³/mol. The number of hydrogen-bond acceptors (Lipinski definition) is 2. The van der Waals surface area contributed by atoms with Crippen LogP contribution in [0.15, 0.2) is 17.1 Å². The van der Waals surface area contributed by atoms with Gasteiger partial charge in [-0.05, 0) is 36.5 Å². The highest BCUT2D eigenvalue weighted by atomic mass is 19.2. The molecule has 0 bridgehead atoms. The van der Waals surface area contributed by atoms with Crippen molar-refractivity contribution in [2.75, 3.05) is 6.54 Å². The number of benzene rings is 1. The van der Waals surface area contributed by atoms with E-state index in [9.17, 15) is 18.0 Å². The van der Waals surface area contributed by atoms with Crippen LogP contribution in [0.3, 0.4) is 0 Å². The van der Waals surface area contributed by atoms with Crippen molar-refractivity contribution in [1.82, 2.24) is 4.90 Å². The van der Waals surface area contributed by atoms with Gasteiger partial charge in [0.15, 0.2) is 17.5 Å². The van der Waals surface area contributed by atoms with Gasteiger partial charge in [0.25, 0.3) is 0 Å². The van der Waals surface area contributed by atoms with E-state index in [0.29, 0.717) is 12.5 Å². The number of carbonyl (C=O) groups excluding carboxylic acids is 1. The number of aliphatic imine (C=N–C) groups is 1. The second-order valence-electron chi connectivity index (χ2n) is 5.12. The van der Waals surface area contributed by atoms with Crippen molar-refractivity contribution >= 4 is 11.9 Å². The van der Waals surface area contributed by atoms with E-state index < -0.39 is 29.5 Å². The number of hydrogen-bond donors (Lipinski definition) is 1. The molecule has 1 aromatic carbocycles. The molecule has 0 spiro atoms. The van der Waals surface area contributed by atoms with Crippen molar-refractivity contribution in [3.63, 3.8) is 0 Å². The van der Waals surface area contributed by atoms with Crippen molar-refractivity contribution in [3.8, 4) is 0 Å². The van der Waals surface area contributed by atoms with E-state index in [2.05, 4.69) is 4.99 Å². The van der Waals surface area contributed by atoms with Crippen LogP contribution in [0.1, 0.15) is 24.4 Å². The summed E-state index contributed by atoms with van der Waals surface area (Å²) in [6.07, 6.45) is 2.01. The fraction of sp³-hybridized carbons (Fsp3) is 0.385. The normalized spacial score (nSPS) is 22.4. The molecule has 7 heteroatoms. The molecule has 3 rings (SSSR count). The molecule has 1 saturated carbocycles. The fourth-order valence-electron chi connectivity index (χ4n) is 2.35. The number of rotatable bonds is 3. The molecule has 0 saturated heterocycles. The van der Waals surface area contributed by atoms with Crippen molar-refractivity contribution in [1.29, 1.82) is 0 Å². The molecule has 1 atom stereocenters. The number of urea groups is 1. The SMILES string of the molecule is NC1=NC(=O)N(CC2CC2)C1c1cc(F)c(F)c(F)c1. The molecule has 0 aromatic heterocycles. The van der Waals surface area contributed by atoms with Crippen LogP contribution in [0.2, 0.25) is 0 Å². The van der Waals surface area contributed by atoms with E-state index >= 15 is 0 Å². The van der Waals surface area contributed by atoms with Crippen molar-refractivity contribution in [2.45, 2.75) is 18.9 Å². The Morgan fingerprint density at radius 2 is 1.85 bits per heavy atom. The van der Waals surface area contributed by atoms with Gasteiger partial charge >= 0.3 is 6.03 Å². The van der Waals surface area contributed by atoms with E-state index in [4.69, 9.17) is 5.73 Å². The van der Waals surface area contributed by atoms with Gasteiger partial charge in [0.1, 0.15) is 11.9 Å². The maximum Gasteiger partial charge on any atom is 0.346 e. The van der Waals surface area contributed by atoms with Crippen LogP contribution in [0.4, 0.5) is 18.0 Å². The number of halogens is 3. The first-order valence-corrected chi connectivity index (χ1v) is 6.26. The lowest BCUT2D eigenvalue weighted by Crippen LogP contribution is -2.35. The summed E-state index contributed by atoms with van der Waals surface area (Å²) in [6.45, 7) is 0.439. The number of nitrogens with two attached hydrogens (primary N) is 1. The van der Waals surface area contributed by atoms with Crippen molar-refractivity contribution in [3.05, 3.63) is 35.1 Å². The van der Waals surface area contributed by atoms with Crippen LogP contribution < -0.4 is 5.73 Å². The predicted octanol–water partition coefficient (Wildman–Crippen LogP) is 2.35. The molecular formula is C13H12F3N3O.